The summed E-state index contributed by atoms with van der Waals surface area (Å²) in [5, 5.41) is 10.4. The maximum atomic E-state index is 12.8. The third kappa shape index (κ3) is 5.22. The molecule has 1 saturated carbocycles. The van der Waals surface area contributed by atoms with Crippen molar-refractivity contribution in [3.8, 4) is 5.75 Å². The summed E-state index contributed by atoms with van der Waals surface area (Å²) < 4.78 is 5.16. The Morgan fingerprint density at radius 1 is 1.03 bits per heavy atom. The summed E-state index contributed by atoms with van der Waals surface area (Å²) in [7, 11) is 1.64. The highest BCUT2D eigenvalue weighted by Gasteiger charge is 2.32. The molecule has 0 spiro atoms. The Hall–Kier alpha value is -3.48. The van der Waals surface area contributed by atoms with Crippen LogP contribution in [0.25, 0.3) is 10.9 Å². The fourth-order valence-electron chi connectivity index (χ4n) is 4.29. The third-order valence-electron chi connectivity index (χ3n) is 6.04. The molecule has 2 aromatic carbocycles. The number of carbonyl (C=O) groups excluding carboxylic acids is 2. The summed E-state index contributed by atoms with van der Waals surface area (Å²) in [4.78, 5) is 28.8. The van der Waals surface area contributed by atoms with Crippen molar-refractivity contribution in [2.45, 2.75) is 31.7 Å². The number of methoxy groups -OCH3 is 1. The number of hydrogen-bond acceptors (Lipinski definition) is 4. The first kappa shape index (κ1) is 21.7. The van der Waals surface area contributed by atoms with Crippen LogP contribution in [0.5, 0.6) is 5.75 Å². The van der Waals surface area contributed by atoms with Gasteiger partial charge in [-0.2, -0.15) is 0 Å². The summed E-state index contributed by atoms with van der Waals surface area (Å²) in [6.07, 6.45) is 3.62. The molecule has 0 saturated heterocycles. The molecule has 1 aromatic heterocycles. The van der Waals surface area contributed by atoms with Gasteiger partial charge in [0.25, 0.3) is 5.91 Å². The van der Waals surface area contributed by atoms with Crippen molar-refractivity contribution >= 4 is 28.4 Å². The molecule has 4 rings (SSSR count). The highest BCUT2D eigenvalue weighted by molar-refractivity contribution is 5.98. The zero-order chi connectivity index (χ0) is 22.3. The van der Waals surface area contributed by atoms with E-state index in [9.17, 15) is 9.59 Å². The van der Waals surface area contributed by atoms with Crippen LogP contribution >= 0.6 is 0 Å². The topological polar surface area (TPSA) is 95.2 Å². The van der Waals surface area contributed by atoms with Gasteiger partial charge in [0.2, 0.25) is 5.91 Å². The van der Waals surface area contributed by atoms with Gasteiger partial charge in [0.05, 0.1) is 13.0 Å². The molecule has 1 heterocycles. The van der Waals surface area contributed by atoms with E-state index in [1.54, 1.807) is 7.11 Å². The molecular formula is C25H30N4O3. The predicted molar refractivity (Wildman–Crippen MR) is 126 cm³/mol. The minimum absolute atomic E-state index is 0.00294. The van der Waals surface area contributed by atoms with Gasteiger partial charge in [0, 0.05) is 35.7 Å². The Kier molecular flexibility index (Phi) is 6.94. The molecular weight excluding hydrogens is 404 g/mol. The van der Waals surface area contributed by atoms with E-state index in [2.05, 4.69) is 20.9 Å². The van der Waals surface area contributed by atoms with Crippen molar-refractivity contribution in [3.05, 3.63) is 60.3 Å². The van der Waals surface area contributed by atoms with Crippen LogP contribution in [0.1, 0.15) is 36.2 Å². The molecule has 1 fully saturated rings. The Bertz CT molecular complexity index is 1030. The molecule has 4 N–H and O–H groups in total. The summed E-state index contributed by atoms with van der Waals surface area (Å²) >= 11 is 0. The zero-order valence-electron chi connectivity index (χ0n) is 18.3. The Morgan fingerprint density at radius 3 is 2.59 bits per heavy atom. The molecule has 2 amide bonds. The fraction of sp³-hybridized carbons (Fsp3) is 0.360. The van der Waals surface area contributed by atoms with Crippen LogP contribution in [0.4, 0.5) is 5.69 Å². The zero-order valence-corrected chi connectivity index (χ0v) is 18.3. The maximum absolute atomic E-state index is 12.8. The lowest BCUT2D eigenvalue weighted by molar-refractivity contribution is -0.126. The number of anilines is 1. The number of aromatic amines is 1. The van der Waals surface area contributed by atoms with Crippen molar-refractivity contribution in [1.82, 2.24) is 15.6 Å². The van der Waals surface area contributed by atoms with E-state index in [1.165, 1.54) is 0 Å². The first-order chi connectivity index (χ1) is 15.6. The van der Waals surface area contributed by atoms with Gasteiger partial charge in [0.15, 0.2) is 0 Å². The molecule has 7 heteroatoms. The van der Waals surface area contributed by atoms with Crippen molar-refractivity contribution in [3.63, 3.8) is 0 Å². The van der Waals surface area contributed by atoms with E-state index in [0.29, 0.717) is 18.8 Å². The number of fused-ring (bicyclic) bond motifs is 1. The quantitative estimate of drug-likeness (QED) is 0.407. The molecule has 32 heavy (non-hydrogen) atoms. The van der Waals surface area contributed by atoms with Crippen molar-refractivity contribution in [2.24, 2.45) is 5.92 Å². The van der Waals surface area contributed by atoms with Crippen LogP contribution < -0.4 is 20.7 Å². The standard InChI is InChI=1S/C25H30N4O3/c1-32-19-12-10-18(11-13-19)26-14-15-27-24(30)20-7-3-5-9-22(20)29-25(31)23-16-17-6-2-4-8-21(17)28-23/h2,4,6,8,10-13,16,20,22,26,28H,3,5,7,9,14-15H2,1H3,(H,27,30)(H,29,31)/t20-,22+/m1/s1. The largest absolute Gasteiger partial charge is 0.497 e. The van der Waals surface area contributed by atoms with E-state index in [0.717, 1.165) is 48.0 Å². The van der Waals surface area contributed by atoms with Crippen LogP contribution in [0.2, 0.25) is 0 Å². The second-order valence-electron chi connectivity index (χ2n) is 8.19. The van der Waals surface area contributed by atoms with E-state index in [4.69, 9.17) is 4.74 Å². The molecule has 3 aromatic rings. The number of H-pyrrole nitrogens is 1. The van der Waals surface area contributed by atoms with Gasteiger partial charge in [-0.3, -0.25) is 9.59 Å². The number of aromatic nitrogens is 1. The number of carbonyl (C=O) groups is 2. The van der Waals surface area contributed by atoms with E-state index in [-0.39, 0.29) is 23.8 Å². The van der Waals surface area contributed by atoms with E-state index >= 15 is 0 Å². The van der Waals surface area contributed by atoms with E-state index in [1.807, 2.05) is 54.6 Å². The number of hydrogen-bond donors (Lipinski definition) is 4. The Labute approximate surface area is 187 Å². The molecule has 0 unspecified atom stereocenters. The monoisotopic (exact) mass is 434 g/mol. The molecule has 1 aliphatic rings. The summed E-state index contributed by atoms with van der Waals surface area (Å²) in [5.74, 6) is 0.440. The summed E-state index contributed by atoms with van der Waals surface area (Å²) in [6, 6.07) is 17.2. The lowest BCUT2D eigenvalue weighted by Gasteiger charge is -2.31. The van der Waals surface area contributed by atoms with Gasteiger partial charge in [0.1, 0.15) is 11.4 Å². The summed E-state index contributed by atoms with van der Waals surface area (Å²) in [6.45, 7) is 1.14. The van der Waals surface area contributed by atoms with Crippen LogP contribution in [-0.4, -0.2) is 43.0 Å². The summed E-state index contributed by atoms with van der Waals surface area (Å²) in [5.41, 5.74) is 2.43. The first-order valence-corrected chi connectivity index (χ1v) is 11.2. The number of rotatable bonds is 8. The first-order valence-electron chi connectivity index (χ1n) is 11.2. The lowest BCUT2D eigenvalue weighted by atomic mass is 9.83. The highest BCUT2D eigenvalue weighted by Crippen LogP contribution is 2.25. The normalized spacial score (nSPS) is 18.2. The van der Waals surface area contributed by atoms with Crippen LogP contribution in [-0.2, 0) is 4.79 Å². The Morgan fingerprint density at radius 2 is 1.81 bits per heavy atom. The maximum Gasteiger partial charge on any atom is 0.267 e. The lowest BCUT2D eigenvalue weighted by Crippen LogP contribution is -2.49. The van der Waals surface area contributed by atoms with Crippen LogP contribution in [0.15, 0.2) is 54.6 Å². The number of para-hydroxylation sites is 1. The van der Waals surface area contributed by atoms with Gasteiger partial charge in [-0.1, -0.05) is 31.0 Å². The minimum Gasteiger partial charge on any atom is -0.497 e. The highest BCUT2D eigenvalue weighted by atomic mass is 16.5. The number of ether oxygens (including phenoxy) is 1. The molecule has 1 aliphatic carbocycles. The van der Waals surface area contributed by atoms with Crippen molar-refractivity contribution < 1.29 is 14.3 Å². The number of nitrogens with one attached hydrogen (secondary N) is 4. The SMILES string of the molecule is COc1ccc(NCCNC(=O)[C@@H]2CCCC[C@@H]2NC(=O)c2cc3ccccc3[nH]2)cc1. The van der Waals surface area contributed by atoms with Gasteiger partial charge < -0.3 is 25.7 Å². The molecule has 0 radical (unpaired) electrons. The minimum atomic E-state index is -0.210. The third-order valence-corrected chi connectivity index (χ3v) is 6.04. The molecule has 168 valence electrons. The van der Waals surface area contributed by atoms with Gasteiger partial charge in [-0.15, -0.1) is 0 Å². The Balaban J connectivity index is 1.28. The fourth-order valence-corrected chi connectivity index (χ4v) is 4.29. The molecule has 7 nitrogen and oxygen atoms in total. The number of amides is 2. The van der Waals surface area contributed by atoms with Crippen molar-refractivity contribution in [2.75, 3.05) is 25.5 Å². The van der Waals surface area contributed by atoms with Gasteiger partial charge >= 0.3 is 0 Å². The van der Waals surface area contributed by atoms with Crippen LogP contribution in [0, 0.1) is 5.92 Å². The molecule has 0 aliphatic heterocycles. The van der Waals surface area contributed by atoms with Gasteiger partial charge in [-0.25, -0.2) is 0 Å². The van der Waals surface area contributed by atoms with Crippen molar-refractivity contribution in [1.29, 1.82) is 0 Å². The number of benzene rings is 2. The second kappa shape index (κ2) is 10.2. The molecule has 2 atom stereocenters. The van der Waals surface area contributed by atoms with Gasteiger partial charge in [-0.05, 0) is 49.2 Å². The average Bonchev–Trinajstić information content (AvgIpc) is 3.27. The smallest absolute Gasteiger partial charge is 0.267 e. The average molecular weight is 435 g/mol. The van der Waals surface area contributed by atoms with Crippen LogP contribution in [0.3, 0.4) is 0 Å². The second-order valence-corrected chi connectivity index (χ2v) is 8.19. The predicted octanol–water partition coefficient (Wildman–Crippen LogP) is 3.69. The van der Waals surface area contributed by atoms with E-state index < -0.39 is 0 Å². The molecule has 0 bridgehead atoms.